The minimum Gasteiger partial charge on any atom is -0.353 e. The zero-order valence-corrected chi connectivity index (χ0v) is 26.0. The lowest BCUT2D eigenvalue weighted by molar-refractivity contribution is -0.121. The smallest absolute Gasteiger partial charge is 0.353 e. The highest BCUT2D eigenvalue weighted by Gasteiger charge is 2.27. The molecule has 0 bridgehead atoms. The van der Waals surface area contributed by atoms with Gasteiger partial charge in [-0.05, 0) is 12.8 Å². The Bertz CT molecular complexity index is 600. The summed E-state index contributed by atoms with van der Waals surface area (Å²) in [6.07, 6.45) is 21.0. The van der Waals surface area contributed by atoms with Crippen molar-refractivity contribution in [1.82, 2.24) is 10.6 Å². The second-order valence-electron chi connectivity index (χ2n) is 10.6. The van der Waals surface area contributed by atoms with Crippen LogP contribution < -0.4 is 16.4 Å². The second-order valence-corrected chi connectivity index (χ2v) is 12.0. The summed E-state index contributed by atoms with van der Waals surface area (Å²) in [5.41, 5.74) is 5.34. The van der Waals surface area contributed by atoms with Crippen molar-refractivity contribution in [1.29, 1.82) is 0 Å². The van der Waals surface area contributed by atoms with Gasteiger partial charge in [0.15, 0.2) is 0 Å². The topological polar surface area (TPSA) is 140 Å². The van der Waals surface area contributed by atoms with Crippen molar-refractivity contribution in [3.8, 4) is 0 Å². The Morgan fingerprint density at radius 3 is 1.41 bits per heavy atom. The van der Waals surface area contributed by atoms with Crippen LogP contribution >= 0.6 is 7.82 Å². The molecule has 0 spiro atoms. The molecule has 10 heteroatoms. The van der Waals surface area contributed by atoms with Crippen molar-refractivity contribution in [2.45, 2.75) is 148 Å². The number of hydrogen-bond acceptors (Lipinski definition) is 6. The predicted octanol–water partition coefficient (Wildman–Crippen LogP) is 6.52. The van der Waals surface area contributed by atoms with Crippen molar-refractivity contribution in [3.05, 3.63) is 0 Å². The molecule has 0 heterocycles. The van der Waals surface area contributed by atoms with E-state index in [0.29, 0.717) is 12.8 Å². The average Bonchev–Trinajstić information content (AvgIpc) is 2.91. The number of rotatable bonds is 29. The van der Waals surface area contributed by atoms with Crippen LogP contribution in [-0.4, -0.2) is 49.1 Å². The SMILES string of the molecule is CCCCCCCCCCCC(=O)NCC(CNC(=O)CCCCCCCCCCC)OP(=O)(O)OCCN. The van der Waals surface area contributed by atoms with Gasteiger partial charge in [-0.15, -0.1) is 0 Å². The third-order valence-corrected chi connectivity index (χ3v) is 7.80. The lowest BCUT2D eigenvalue weighted by atomic mass is 10.1. The fourth-order valence-corrected chi connectivity index (χ4v) is 5.28. The van der Waals surface area contributed by atoms with Crippen LogP contribution in [0.15, 0.2) is 0 Å². The van der Waals surface area contributed by atoms with E-state index < -0.39 is 13.9 Å². The van der Waals surface area contributed by atoms with Crippen LogP contribution in [0.3, 0.4) is 0 Å². The van der Waals surface area contributed by atoms with E-state index in [0.717, 1.165) is 38.5 Å². The van der Waals surface area contributed by atoms with Gasteiger partial charge in [0, 0.05) is 32.5 Å². The van der Waals surface area contributed by atoms with Gasteiger partial charge in [-0.3, -0.25) is 18.6 Å². The summed E-state index contributed by atoms with van der Waals surface area (Å²) in [4.78, 5) is 34.6. The Balaban J connectivity index is 4.27. The average molecular weight is 578 g/mol. The third kappa shape index (κ3) is 27.0. The second kappa shape index (κ2) is 27.2. The summed E-state index contributed by atoms with van der Waals surface area (Å²) < 4.78 is 22.3. The fourth-order valence-electron chi connectivity index (χ4n) is 4.36. The molecule has 1 atom stereocenters. The summed E-state index contributed by atoms with van der Waals surface area (Å²) in [6, 6.07) is 0. The van der Waals surface area contributed by atoms with Crippen LogP contribution in [0.5, 0.6) is 0 Å². The molecule has 0 saturated heterocycles. The first-order valence-corrected chi connectivity index (χ1v) is 17.2. The van der Waals surface area contributed by atoms with Crippen LogP contribution in [0.2, 0.25) is 0 Å². The van der Waals surface area contributed by atoms with Gasteiger partial charge in [-0.1, -0.05) is 117 Å². The first-order valence-electron chi connectivity index (χ1n) is 15.7. The summed E-state index contributed by atoms with van der Waals surface area (Å²) in [7, 11) is -4.36. The number of unbranched alkanes of at least 4 members (excludes halogenated alkanes) is 16. The normalized spacial score (nSPS) is 12.9. The highest BCUT2D eigenvalue weighted by molar-refractivity contribution is 7.47. The molecular formula is C29H60N3O6P. The maximum atomic E-state index is 12.3. The molecule has 0 radical (unpaired) electrons. The van der Waals surface area contributed by atoms with Crippen LogP contribution in [-0.2, 0) is 23.2 Å². The lowest BCUT2D eigenvalue weighted by Gasteiger charge is -2.21. The van der Waals surface area contributed by atoms with Gasteiger partial charge >= 0.3 is 7.82 Å². The Morgan fingerprint density at radius 2 is 1.05 bits per heavy atom. The van der Waals surface area contributed by atoms with Crippen molar-refractivity contribution < 1.29 is 28.1 Å². The standard InChI is InChI=1S/C29H60N3O6P/c1-3-5-7-9-11-13-15-17-19-21-28(33)31-25-27(38-39(35,36)37-24-23-30)26-32-29(34)22-20-18-16-14-12-10-8-6-4-2/h27H,3-26,30H2,1-2H3,(H,31,33)(H,32,34)(H,35,36). The van der Waals surface area contributed by atoms with E-state index in [-0.39, 0.29) is 38.1 Å². The molecular weight excluding hydrogens is 517 g/mol. The number of nitrogens with two attached hydrogens (primary N) is 1. The molecule has 39 heavy (non-hydrogen) atoms. The Morgan fingerprint density at radius 1 is 0.692 bits per heavy atom. The number of carbonyl (C=O) groups is 2. The minimum atomic E-state index is -4.36. The number of amides is 2. The third-order valence-electron chi connectivity index (χ3n) is 6.72. The van der Waals surface area contributed by atoms with Gasteiger partial charge in [-0.2, -0.15) is 0 Å². The number of hydrogen-bond donors (Lipinski definition) is 4. The highest BCUT2D eigenvalue weighted by atomic mass is 31.2. The molecule has 5 N–H and O–H groups in total. The van der Waals surface area contributed by atoms with E-state index in [1.807, 2.05) is 0 Å². The van der Waals surface area contributed by atoms with Crippen LogP contribution in [0, 0.1) is 0 Å². The molecule has 0 aliphatic heterocycles. The Kier molecular flexibility index (Phi) is 26.5. The van der Waals surface area contributed by atoms with E-state index in [4.69, 9.17) is 14.8 Å². The molecule has 0 saturated carbocycles. The molecule has 9 nitrogen and oxygen atoms in total. The van der Waals surface area contributed by atoms with Crippen LogP contribution in [0.4, 0.5) is 0 Å². The van der Waals surface area contributed by atoms with Gasteiger partial charge < -0.3 is 21.3 Å². The molecule has 0 aromatic carbocycles. The largest absolute Gasteiger partial charge is 0.472 e. The van der Waals surface area contributed by atoms with Crippen molar-refractivity contribution in [2.75, 3.05) is 26.2 Å². The number of nitrogens with one attached hydrogen (secondary N) is 2. The maximum absolute atomic E-state index is 12.3. The molecule has 0 aromatic heterocycles. The summed E-state index contributed by atoms with van der Waals surface area (Å²) in [5.74, 6) is -0.272. The summed E-state index contributed by atoms with van der Waals surface area (Å²) >= 11 is 0. The van der Waals surface area contributed by atoms with E-state index >= 15 is 0 Å². The molecule has 232 valence electrons. The molecule has 0 aliphatic rings. The van der Waals surface area contributed by atoms with E-state index in [1.54, 1.807) is 0 Å². The number of phosphoric ester groups is 1. The first-order chi connectivity index (χ1) is 18.8. The molecule has 0 fully saturated rings. The highest BCUT2D eigenvalue weighted by Crippen LogP contribution is 2.44. The quantitative estimate of drug-likeness (QED) is 0.0586. The Hall–Kier alpha value is -0.990. The number of carbonyl (C=O) groups excluding carboxylic acids is 2. The fraction of sp³-hybridized carbons (Fsp3) is 0.931. The minimum absolute atomic E-state index is 0.00507. The van der Waals surface area contributed by atoms with Gasteiger partial charge in [0.05, 0.1) is 6.61 Å². The van der Waals surface area contributed by atoms with E-state index in [1.165, 1.54) is 77.0 Å². The first kappa shape index (κ1) is 38.0. The molecule has 0 aromatic rings. The summed E-state index contributed by atoms with van der Waals surface area (Å²) in [5, 5.41) is 5.53. The van der Waals surface area contributed by atoms with Crippen molar-refractivity contribution in [2.24, 2.45) is 5.73 Å². The van der Waals surface area contributed by atoms with Gasteiger partial charge in [0.2, 0.25) is 11.8 Å². The van der Waals surface area contributed by atoms with Crippen LogP contribution in [0.25, 0.3) is 0 Å². The van der Waals surface area contributed by atoms with Gasteiger partial charge in [0.1, 0.15) is 6.10 Å². The lowest BCUT2D eigenvalue weighted by Crippen LogP contribution is -2.41. The molecule has 0 rings (SSSR count). The van der Waals surface area contributed by atoms with Gasteiger partial charge in [0.25, 0.3) is 0 Å². The molecule has 1 unspecified atom stereocenters. The van der Waals surface area contributed by atoms with E-state index in [2.05, 4.69) is 24.5 Å². The predicted molar refractivity (Wildman–Crippen MR) is 159 cm³/mol. The maximum Gasteiger partial charge on any atom is 0.472 e. The number of phosphoric acid groups is 1. The Labute approximate surface area is 238 Å². The van der Waals surface area contributed by atoms with E-state index in [9.17, 15) is 19.0 Å². The van der Waals surface area contributed by atoms with Crippen molar-refractivity contribution >= 4 is 19.6 Å². The zero-order chi connectivity index (χ0) is 29.0. The molecule has 2 amide bonds. The van der Waals surface area contributed by atoms with Gasteiger partial charge in [-0.25, -0.2) is 4.57 Å². The monoisotopic (exact) mass is 577 g/mol. The van der Waals surface area contributed by atoms with Crippen LogP contribution in [0.1, 0.15) is 142 Å². The van der Waals surface area contributed by atoms with Crippen molar-refractivity contribution in [3.63, 3.8) is 0 Å². The zero-order valence-electron chi connectivity index (χ0n) is 25.1. The molecule has 0 aliphatic carbocycles. The summed E-state index contributed by atoms with van der Waals surface area (Å²) in [6.45, 7) is 4.38.